The Morgan fingerprint density at radius 1 is 1.11 bits per heavy atom. The maximum absolute atomic E-state index is 9.95. The second-order valence-electron chi connectivity index (χ2n) is 4.79. The summed E-state index contributed by atoms with van der Waals surface area (Å²) in [6.07, 6.45) is 3.48. The van der Waals surface area contributed by atoms with Crippen LogP contribution in [0.2, 0.25) is 0 Å². The van der Waals surface area contributed by atoms with Gasteiger partial charge in [-0.25, -0.2) is 4.57 Å². The van der Waals surface area contributed by atoms with Crippen LogP contribution in [0, 0.1) is 0 Å². The molecule has 1 aromatic rings. The Balaban J connectivity index is 0. The molecule has 6 heteroatoms. The smallest absolute Gasteiger partial charge is 0.179 e. The van der Waals surface area contributed by atoms with E-state index < -0.39 is 6.10 Å². The average Bonchev–Trinajstić information content (AvgIpc) is 2.17. The van der Waals surface area contributed by atoms with E-state index in [9.17, 15) is 5.11 Å². The van der Waals surface area contributed by atoms with Crippen LogP contribution >= 0.6 is 0 Å². The Hall–Kier alpha value is -0.0100. The molecule has 0 spiro atoms. The number of pyridine rings is 1. The summed E-state index contributed by atoms with van der Waals surface area (Å²) in [5, 5.41) is 18.8. The maximum Gasteiger partial charge on any atom is 0.179 e. The Kier molecular flexibility index (Phi) is 11.1. The van der Waals surface area contributed by atoms with Gasteiger partial charge < -0.3 is 48.7 Å². The minimum absolute atomic E-state index is 0. The summed E-state index contributed by atoms with van der Waals surface area (Å²) in [5.74, 6) is 0. The van der Waals surface area contributed by atoms with Gasteiger partial charge in [-0.05, 0) is 0 Å². The van der Waals surface area contributed by atoms with Gasteiger partial charge in [-0.1, -0.05) is 6.07 Å². The highest BCUT2D eigenvalue weighted by molar-refractivity contribution is 4.83. The molecule has 1 unspecified atom stereocenters. The zero-order valence-corrected chi connectivity index (χ0v) is 14.0. The molecule has 1 heterocycles. The SMILES string of the molecule is C[N+](C)(CCO)CC(O)C[n+]1ccccc1.[Br-].[Br-]. The molecule has 0 saturated carbocycles. The number of halogens is 2. The van der Waals surface area contributed by atoms with Gasteiger partial charge in [-0.2, -0.15) is 0 Å². The summed E-state index contributed by atoms with van der Waals surface area (Å²) in [6.45, 7) is 2.05. The summed E-state index contributed by atoms with van der Waals surface area (Å²) < 4.78 is 2.59. The first-order valence-corrected chi connectivity index (χ1v) is 5.58. The van der Waals surface area contributed by atoms with Gasteiger partial charge in [-0.15, -0.1) is 0 Å². The van der Waals surface area contributed by atoms with Crippen LogP contribution in [0.15, 0.2) is 30.6 Å². The van der Waals surface area contributed by atoms with E-state index in [1.54, 1.807) is 0 Å². The molecule has 0 bridgehead atoms. The molecule has 0 aliphatic heterocycles. The van der Waals surface area contributed by atoms with Crippen LogP contribution in [0.1, 0.15) is 0 Å². The normalized spacial score (nSPS) is 12.2. The molecule has 0 aromatic carbocycles. The van der Waals surface area contributed by atoms with Crippen molar-refractivity contribution in [2.45, 2.75) is 12.6 Å². The van der Waals surface area contributed by atoms with E-state index in [1.165, 1.54) is 0 Å². The number of hydrogen-bond donors (Lipinski definition) is 2. The summed E-state index contributed by atoms with van der Waals surface area (Å²) in [7, 11) is 4.02. The van der Waals surface area contributed by atoms with Gasteiger partial charge in [0.15, 0.2) is 25.0 Å². The lowest BCUT2D eigenvalue weighted by atomic mass is 10.3. The fourth-order valence-corrected chi connectivity index (χ4v) is 1.79. The third-order valence-electron chi connectivity index (χ3n) is 2.61. The number of aromatic nitrogens is 1. The molecule has 2 N–H and O–H groups in total. The quantitative estimate of drug-likeness (QED) is 0.378. The van der Waals surface area contributed by atoms with Gasteiger partial charge in [-0.3, -0.25) is 0 Å². The standard InChI is InChI=1S/C12H22N2O2.2BrH/c1-14(2,8-9-15)11-12(16)10-13-6-4-3-5-7-13;;/h3-7,12,15-16H,8-11H2,1-2H3;2*1H/q+2;;/p-2. The molecule has 1 rings (SSSR count). The molecule has 1 atom stereocenters. The van der Waals surface area contributed by atoms with Crippen LogP contribution in [0.3, 0.4) is 0 Å². The number of likely N-dealkylation sites (N-methyl/N-ethyl adjacent to an activating group) is 1. The van der Waals surface area contributed by atoms with Crippen molar-refractivity contribution >= 4 is 0 Å². The number of quaternary nitrogens is 1. The first-order chi connectivity index (χ1) is 7.53. The third kappa shape index (κ3) is 8.16. The van der Waals surface area contributed by atoms with Gasteiger partial charge in [0.25, 0.3) is 0 Å². The lowest BCUT2D eigenvalue weighted by molar-refractivity contribution is -0.896. The molecule has 0 saturated heterocycles. The molecule has 4 nitrogen and oxygen atoms in total. The Morgan fingerprint density at radius 3 is 2.17 bits per heavy atom. The van der Waals surface area contributed by atoms with Crippen molar-refractivity contribution in [3.63, 3.8) is 0 Å². The van der Waals surface area contributed by atoms with E-state index in [2.05, 4.69) is 0 Å². The summed E-state index contributed by atoms with van der Waals surface area (Å²) in [4.78, 5) is 0. The second kappa shape index (κ2) is 9.86. The van der Waals surface area contributed by atoms with E-state index in [1.807, 2.05) is 49.3 Å². The third-order valence-corrected chi connectivity index (χ3v) is 2.61. The topological polar surface area (TPSA) is 44.3 Å². The molecule has 18 heavy (non-hydrogen) atoms. The van der Waals surface area contributed by atoms with Crippen LogP contribution in [0.25, 0.3) is 0 Å². The molecular formula is C12H22Br2N2O2. The van der Waals surface area contributed by atoms with E-state index in [4.69, 9.17) is 5.11 Å². The van der Waals surface area contributed by atoms with Crippen molar-refractivity contribution < 1.29 is 53.2 Å². The van der Waals surface area contributed by atoms with Crippen LogP contribution in [-0.2, 0) is 6.54 Å². The molecule has 1 aromatic heterocycles. The first kappa shape index (κ1) is 20.3. The summed E-state index contributed by atoms with van der Waals surface area (Å²) in [6, 6.07) is 5.84. The zero-order valence-electron chi connectivity index (χ0n) is 10.8. The predicted octanol–water partition coefficient (Wildman–Crippen LogP) is -6.59. The Morgan fingerprint density at radius 2 is 1.67 bits per heavy atom. The van der Waals surface area contributed by atoms with E-state index in [-0.39, 0.29) is 40.6 Å². The van der Waals surface area contributed by atoms with Crippen molar-refractivity contribution in [1.29, 1.82) is 0 Å². The molecule has 0 aliphatic rings. The molecule has 0 amide bonds. The number of rotatable bonds is 6. The lowest BCUT2D eigenvalue weighted by Crippen LogP contribution is -3.00. The lowest BCUT2D eigenvalue weighted by Gasteiger charge is -2.30. The van der Waals surface area contributed by atoms with Crippen LogP contribution < -0.4 is 38.5 Å². The summed E-state index contributed by atoms with van der Waals surface area (Å²) in [5.41, 5.74) is 0. The van der Waals surface area contributed by atoms with Crippen LogP contribution in [0.5, 0.6) is 0 Å². The fourth-order valence-electron chi connectivity index (χ4n) is 1.79. The van der Waals surface area contributed by atoms with Crippen molar-refractivity contribution in [3.8, 4) is 0 Å². The maximum atomic E-state index is 9.95. The van der Waals surface area contributed by atoms with Gasteiger partial charge in [0, 0.05) is 12.1 Å². The molecule has 0 aliphatic carbocycles. The van der Waals surface area contributed by atoms with Crippen molar-refractivity contribution in [1.82, 2.24) is 0 Å². The number of nitrogens with zero attached hydrogens (tertiary/aromatic N) is 2. The second-order valence-corrected chi connectivity index (χ2v) is 4.79. The zero-order chi connectivity index (χ0) is 12.0. The van der Waals surface area contributed by atoms with Crippen molar-refractivity contribution in [2.75, 3.05) is 33.8 Å². The minimum Gasteiger partial charge on any atom is -1.00 e. The molecule has 0 fully saturated rings. The Labute approximate surface area is 130 Å². The van der Waals surface area contributed by atoms with Gasteiger partial charge in [0.05, 0.1) is 20.7 Å². The number of aliphatic hydroxyl groups excluding tert-OH is 2. The highest BCUT2D eigenvalue weighted by Gasteiger charge is 2.22. The Bertz CT molecular complexity index is 310. The summed E-state index contributed by atoms with van der Waals surface area (Å²) >= 11 is 0. The first-order valence-electron chi connectivity index (χ1n) is 5.58. The van der Waals surface area contributed by atoms with Gasteiger partial charge in [0.2, 0.25) is 0 Å². The van der Waals surface area contributed by atoms with E-state index >= 15 is 0 Å². The predicted molar refractivity (Wildman–Crippen MR) is 61.6 cm³/mol. The van der Waals surface area contributed by atoms with E-state index in [0.29, 0.717) is 24.1 Å². The number of aliphatic hydroxyl groups is 2. The molecule has 0 radical (unpaired) electrons. The number of hydrogen-bond acceptors (Lipinski definition) is 2. The van der Waals surface area contributed by atoms with Crippen molar-refractivity contribution in [3.05, 3.63) is 30.6 Å². The van der Waals surface area contributed by atoms with Crippen molar-refractivity contribution in [2.24, 2.45) is 0 Å². The van der Waals surface area contributed by atoms with Crippen LogP contribution in [-0.4, -0.2) is 54.6 Å². The highest BCUT2D eigenvalue weighted by Crippen LogP contribution is 1.99. The van der Waals surface area contributed by atoms with Crippen LogP contribution in [0.4, 0.5) is 0 Å². The minimum atomic E-state index is -0.394. The average molecular weight is 386 g/mol. The highest BCUT2D eigenvalue weighted by atomic mass is 79.9. The molecule has 106 valence electrons. The van der Waals surface area contributed by atoms with Gasteiger partial charge >= 0.3 is 0 Å². The monoisotopic (exact) mass is 384 g/mol. The largest absolute Gasteiger partial charge is 1.00 e. The van der Waals surface area contributed by atoms with Gasteiger partial charge in [0.1, 0.15) is 13.1 Å². The molecular weight excluding hydrogens is 364 g/mol. The fraction of sp³-hybridized carbons (Fsp3) is 0.583. The van der Waals surface area contributed by atoms with E-state index in [0.717, 1.165) is 0 Å².